The van der Waals surface area contributed by atoms with E-state index in [4.69, 9.17) is 4.98 Å². The number of pyridine rings is 2. The molecule has 3 aliphatic rings. The molecule has 9 heteroatoms. The van der Waals surface area contributed by atoms with Crippen molar-refractivity contribution in [2.75, 3.05) is 18.4 Å². The van der Waals surface area contributed by atoms with E-state index in [1.807, 2.05) is 26.0 Å². The third kappa shape index (κ3) is 4.36. The minimum absolute atomic E-state index is 0.0211. The molecule has 2 atom stereocenters. The number of aryl methyl sites for hydroxylation is 2. The molecule has 0 bridgehead atoms. The van der Waals surface area contributed by atoms with Gasteiger partial charge in [0.2, 0.25) is 17.7 Å². The van der Waals surface area contributed by atoms with Crippen molar-refractivity contribution in [1.29, 1.82) is 0 Å². The average Bonchev–Trinajstić information content (AvgIpc) is 3.18. The summed E-state index contributed by atoms with van der Waals surface area (Å²) in [5.74, 6) is -0.460. The monoisotopic (exact) mass is 545 g/mol. The number of fused-ring (bicyclic) bond motifs is 2. The van der Waals surface area contributed by atoms with Gasteiger partial charge in [-0.2, -0.15) is 0 Å². The fourth-order valence-electron chi connectivity index (χ4n) is 6.35. The summed E-state index contributed by atoms with van der Waals surface area (Å²) in [4.78, 5) is 51.0. The second-order valence-electron chi connectivity index (χ2n) is 11.5. The Morgan fingerprint density at radius 1 is 1.10 bits per heavy atom. The normalized spacial score (nSPS) is 22.4. The molecule has 1 aliphatic carbocycles. The first-order valence-electron chi connectivity index (χ1n) is 14.0. The Labute approximate surface area is 232 Å². The lowest BCUT2D eigenvalue weighted by Gasteiger charge is -2.24. The van der Waals surface area contributed by atoms with E-state index in [0.717, 1.165) is 75.6 Å². The first-order valence-corrected chi connectivity index (χ1v) is 14.8. The van der Waals surface area contributed by atoms with Crippen molar-refractivity contribution in [2.45, 2.75) is 59.9 Å². The van der Waals surface area contributed by atoms with E-state index in [0.29, 0.717) is 6.42 Å². The zero-order valence-corrected chi connectivity index (χ0v) is 23.8. The van der Waals surface area contributed by atoms with Gasteiger partial charge in [-0.15, -0.1) is 11.3 Å². The Bertz CT molecular complexity index is 1470. The molecule has 2 saturated heterocycles. The van der Waals surface area contributed by atoms with Gasteiger partial charge in [0.1, 0.15) is 0 Å². The van der Waals surface area contributed by atoms with E-state index in [1.165, 1.54) is 4.90 Å². The molecule has 3 aromatic rings. The van der Waals surface area contributed by atoms with Crippen molar-refractivity contribution in [3.8, 4) is 11.1 Å². The fourth-order valence-corrected chi connectivity index (χ4v) is 7.48. The van der Waals surface area contributed by atoms with E-state index in [-0.39, 0.29) is 47.4 Å². The van der Waals surface area contributed by atoms with Gasteiger partial charge in [0.25, 0.3) is 0 Å². The quantitative estimate of drug-likeness (QED) is 0.422. The molecule has 0 radical (unpaired) electrons. The van der Waals surface area contributed by atoms with E-state index in [9.17, 15) is 14.4 Å². The summed E-state index contributed by atoms with van der Waals surface area (Å²) in [6.45, 7) is 10.1. The number of piperidine rings is 2. The van der Waals surface area contributed by atoms with E-state index in [1.54, 1.807) is 17.5 Å². The molecule has 2 aliphatic heterocycles. The SMILES string of the molecule is CCc1cc(-c2ccnc3cc(CN4C(=O)C5C(C4=O)C5(C)C)sc23)c(NC(=O)C2CCNCC2)c(CC)n1. The molecule has 8 nitrogen and oxygen atoms in total. The molecule has 5 heterocycles. The smallest absolute Gasteiger partial charge is 0.234 e. The van der Waals surface area contributed by atoms with Gasteiger partial charge in [0, 0.05) is 33.8 Å². The summed E-state index contributed by atoms with van der Waals surface area (Å²) in [7, 11) is 0. The molecule has 204 valence electrons. The van der Waals surface area contributed by atoms with Crippen LogP contribution in [0.25, 0.3) is 21.3 Å². The first kappa shape index (κ1) is 26.1. The van der Waals surface area contributed by atoms with Crippen LogP contribution in [0.2, 0.25) is 0 Å². The van der Waals surface area contributed by atoms with Crippen LogP contribution in [0.15, 0.2) is 24.4 Å². The zero-order valence-electron chi connectivity index (χ0n) is 23.0. The standard InChI is InChI=1S/C30H35N5O3S/c1-5-17-13-20(25(21(6-2)33-17)34-27(36)16-7-10-31-11-8-16)19-9-12-32-22-14-18(39-26(19)22)15-35-28(37)23-24(29(35)38)30(23,3)4/h9,12-14,16,23-24,31H,5-8,10-11,15H2,1-4H3,(H,34,36). The highest BCUT2D eigenvalue weighted by molar-refractivity contribution is 7.19. The second-order valence-corrected chi connectivity index (χ2v) is 12.7. The molecule has 2 unspecified atom stereocenters. The summed E-state index contributed by atoms with van der Waals surface area (Å²) in [5.41, 5.74) is 5.14. The van der Waals surface area contributed by atoms with E-state index < -0.39 is 0 Å². The maximum Gasteiger partial charge on any atom is 0.234 e. The van der Waals surface area contributed by atoms with Crippen molar-refractivity contribution in [2.24, 2.45) is 23.2 Å². The number of likely N-dealkylation sites (tertiary alicyclic amines) is 1. The molecular weight excluding hydrogens is 510 g/mol. The lowest BCUT2D eigenvalue weighted by atomic mass is 9.96. The Hall–Kier alpha value is -3.17. The number of thiophene rings is 1. The van der Waals surface area contributed by atoms with Crippen molar-refractivity contribution in [3.05, 3.63) is 40.7 Å². The molecular formula is C30H35N5O3S. The lowest BCUT2D eigenvalue weighted by Crippen LogP contribution is -2.35. The van der Waals surface area contributed by atoms with Crippen LogP contribution in [0.4, 0.5) is 5.69 Å². The minimum Gasteiger partial charge on any atom is -0.324 e. The van der Waals surface area contributed by atoms with Gasteiger partial charge in [0.05, 0.1) is 40.0 Å². The van der Waals surface area contributed by atoms with Gasteiger partial charge in [-0.25, -0.2) is 0 Å². The summed E-state index contributed by atoms with van der Waals surface area (Å²) in [5, 5.41) is 6.59. The summed E-state index contributed by atoms with van der Waals surface area (Å²) in [6, 6.07) is 6.05. The molecule has 3 amide bonds. The van der Waals surface area contributed by atoms with Crippen molar-refractivity contribution in [3.63, 3.8) is 0 Å². The molecule has 3 aromatic heterocycles. The van der Waals surface area contributed by atoms with Crippen LogP contribution in [0.3, 0.4) is 0 Å². The van der Waals surface area contributed by atoms with Crippen LogP contribution in [0.5, 0.6) is 0 Å². The topological polar surface area (TPSA) is 104 Å². The highest BCUT2D eigenvalue weighted by Gasteiger charge is 2.72. The number of aromatic nitrogens is 2. The summed E-state index contributed by atoms with van der Waals surface area (Å²) in [6.07, 6.45) is 4.91. The number of hydrogen-bond acceptors (Lipinski definition) is 7. The number of carbonyl (C=O) groups is 3. The van der Waals surface area contributed by atoms with Crippen LogP contribution in [-0.2, 0) is 33.8 Å². The third-order valence-corrected chi connectivity index (χ3v) is 9.90. The average molecular weight is 546 g/mol. The number of rotatable bonds is 7. The van der Waals surface area contributed by atoms with Crippen LogP contribution >= 0.6 is 11.3 Å². The van der Waals surface area contributed by atoms with Crippen LogP contribution < -0.4 is 10.6 Å². The van der Waals surface area contributed by atoms with Gasteiger partial charge in [-0.1, -0.05) is 27.7 Å². The zero-order chi connectivity index (χ0) is 27.5. The third-order valence-electron chi connectivity index (χ3n) is 8.76. The molecule has 0 spiro atoms. The molecule has 0 aromatic carbocycles. The predicted octanol–water partition coefficient (Wildman–Crippen LogP) is 4.56. The van der Waals surface area contributed by atoms with Gasteiger partial charge < -0.3 is 10.6 Å². The van der Waals surface area contributed by atoms with Gasteiger partial charge in [-0.3, -0.25) is 29.3 Å². The Morgan fingerprint density at radius 2 is 1.82 bits per heavy atom. The van der Waals surface area contributed by atoms with Crippen molar-refractivity contribution < 1.29 is 14.4 Å². The Kier molecular flexibility index (Phi) is 6.54. The number of carbonyl (C=O) groups excluding carboxylic acids is 3. The largest absolute Gasteiger partial charge is 0.324 e. The first-order chi connectivity index (χ1) is 18.7. The van der Waals surface area contributed by atoms with Gasteiger partial charge in [0.15, 0.2) is 0 Å². The number of hydrogen-bond donors (Lipinski definition) is 2. The second kappa shape index (κ2) is 9.78. The van der Waals surface area contributed by atoms with Crippen molar-refractivity contribution >= 4 is 45.0 Å². The van der Waals surface area contributed by atoms with Crippen LogP contribution in [0, 0.1) is 23.2 Å². The Balaban J connectivity index is 1.37. The summed E-state index contributed by atoms with van der Waals surface area (Å²) >= 11 is 1.56. The highest BCUT2D eigenvalue weighted by Crippen LogP contribution is 2.63. The van der Waals surface area contributed by atoms with Gasteiger partial charge >= 0.3 is 0 Å². The lowest BCUT2D eigenvalue weighted by molar-refractivity contribution is -0.143. The number of amides is 3. The molecule has 1 saturated carbocycles. The van der Waals surface area contributed by atoms with Crippen LogP contribution in [-0.4, -0.2) is 45.7 Å². The predicted molar refractivity (Wildman–Crippen MR) is 152 cm³/mol. The molecule has 6 rings (SSSR count). The molecule has 39 heavy (non-hydrogen) atoms. The molecule has 3 fully saturated rings. The van der Waals surface area contributed by atoms with E-state index >= 15 is 0 Å². The number of nitrogens with one attached hydrogen (secondary N) is 2. The van der Waals surface area contributed by atoms with Crippen LogP contribution in [0.1, 0.15) is 56.8 Å². The minimum atomic E-state index is -0.218. The Morgan fingerprint density at radius 3 is 2.49 bits per heavy atom. The number of imide groups is 1. The maximum absolute atomic E-state index is 13.3. The van der Waals surface area contributed by atoms with Crippen molar-refractivity contribution in [1.82, 2.24) is 20.2 Å². The van der Waals surface area contributed by atoms with E-state index in [2.05, 4.69) is 35.5 Å². The fraction of sp³-hybridized carbons (Fsp3) is 0.500. The number of anilines is 1. The highest BCUT2D eigenvalue weighted by atomic mass is 32.1. The van der Waals surface area contributed by atoms with Gasteiger partial charge in [-0.05, 0) is 62.4 Å². The maximum atomic E-state index is 13.3. The molecule has 2 N–H and O–H groups in total. The number of nitrogens with zero attached hydrogens (tertiary/aromatic N) is 3. The summed E-state index contributed by atoms with van der Waals surface area (Å²) < 4.78 is 0.977.